The van der Waals surface area contributed by atoms with Gasteiger partial charge in [0.15, 0.2) is 5.96 Å². The number of hydrogen-bond acceptors (Lipinski definition) is 7. The SMILES string of the molecule is COCCCNC(=N)NC(=O)CCc1ccc(-c2ccc(CN3CCC(N(C)C)CC3)cc2)c(OCCCOC)c1. The van der Waals surface area contributed by atoms with Crippen molar-refractivity contribution in [2.24, 2.45) is 0 Å². The van der Waals surface area contributed by atoms with Gasteiger partial charge in [0.25, 0.3) is 0 Å². The molecule has 0 saturated carbocycles. The third kappa shape index (κ3) is 11.4. The molecule has 0 radical (unpaired) electrons. The monoisotopic (exact) mass is 567 g/mol. The Morgan fingerprint density at radius 1 is 0.976 bits per heavy atom. The number of methoxy groups -OCH3 is 2. The van der Waals surface area contributed by atoms with Crippen LogP contribution in [0.2, 0.25) is 0 Å². The van der Waals surface area contributed by atoms with Gasteiger partial charge in [0.2, 0.25) is 5.91 Å². The van der Waals surface area contributed by atoms with E-state index in [1.165, 1.54) is 18.4 Å². The number of rotatable bonds is 16. The Hall–Kier alpha value is -2.98. The molecule has 9 heteroatoms. The second kappa shape index (κ2) is 17.7. The standard InChI is InChI=1S/C32H49N5O4/c1-36(2)28-15-18-37(19-16-28)24-26-7-11-27(12-8-26)29-13-9-25(23-30(29)41-22-6-21-40-4)10-14-31(38)35-32(33)34-17-5-20-39-3/h7-9,11-13,23,28H,5-6,10,14-22,24H2,1-4H3,(H3,33,34,35,38). The largest absolute Gasteiger partial charge is 0.493 e. The van der Waals surface area contributed by atoms with Crippen molar-refractivity contribution in [1.29, 1.82) is 5.41 Å². The number of benzene rings is 2. The second-order valence-corrected chi connectivity index (χ2v) is 10.9. The Morgan fingerprint density at radius 2 is 1.66 bits per heavy atom. The predicted octanol–water partition coefficient (Wildman–Crippen LogP) is 3.90. The summed E-state index contributed by atoms with van der Waals surface area (Å²) in [5.74, 6) is 0.637. The molecule has 226 valence electrons. The molecular formula is C32H49N5O4. The Morgan fingerprint density at radius 3 is 2.34 bits per heavy atom. The lowest BCUT2D eigenvalue weighted by Gasteiger charge is -2.35. The van der Waals surface area contributed by atoms with Crippen LogP contribution in [0.15, 0.2) is 42.5 Å². The molecule has 2 aromatic rings. The van der Waals surface area contributed by atoms with Gasteiger partial charge in [-0.3, -0.25) is 20.4 Å². The molecule has 0 aliphatic carbocycles. The van der Waals surface area contributed by atoms with E-state index in [-0.39, 0.29) is 18.3 Å². The Labute approximate surface area is 246 Å². The van der Waals surface area contributed by atoms with Gasteiger partial charge in [-0.05, 0) is 75.6 Å². The van der Waals surface area contributed by atoms with E-state index in [9.17, 15) is 4.79 Å². The lowest BCUT2D eigenvalue weighted by Crippen LogP contribution is -2.41. The van der Waals surface area contributed by atoms with Crippen LogP contribution in [-0.2, 0) is 27.2 Å². The lowest BCUT2D eigenvalue weighted by atomic mass is 9.99. The Balaban J connectivity index is 1.60. The Kier molecular flexibility index (Phi) is 14.1. The van der Waals surface area contributed by atoms with E-state index in [4.69, 9.17) is 19.6 Å². The summed E-state index contributed by atoms with van der Waals surface area (Å²) in [6, 6.07) is 15.7. The average Bonchev–Trinajstić information content (AvgIpc) is 2.97. The van der Waals surface area contributed by atoms with Gasteiger partial charge in [0.1, 0.15) is 5.75 Å². The summed E-state index contributed by atoms with van der Waals surface area (Å²) in [5, 5.41) is 13.4. The van der Waals surface area contributed by atoms with Gasteiger partial charge < -0.3 is 24.4 Å². The first kappa shape index (κ1) is 32.5. The quantitative estimate of drug-likeness (QED) is 0.161. The number of ether oxygens (including phenoxy) is 3. The zero-order chi connectivity index (χ0) is 29.5. The fourth-order valence-corrected chi connectivity index (χ4v) is 5.04. The molecule has 1 heterocycles. The topological polar surface area (TPSA) is 99.2 Å². The molecular weight excluding hydrogens is 518 g/mol. The van der Waals surface area contributed by atoms with Crippen LogP contribution in [0.3, 0.4) is 0 Å². The molecule has 2 aromatic carbocycles. The van der Waals surface area contributed by atoms with Crippen LogP contribution in [0.1, 0.15) is 43.2 Å². The van der Waals surface area contributed by atoms with Crippen LogP contribution < -0.4 is 15.4 Å². The van der Waals surface area contributed by atoms with Crippen molar-refractivity contribution in [3.05, 3.63) is 53.6 Å². The maximum absolute atomic E-state index is 12.4. The van der Waals surface area contributed by atoms with E-state index >= 15 is 0 Å². The van der Waals surface area contributed by atoms with E-state index in [0.717, 1.165) is 54.9 Å². The van der Waals surface area contributed by atoms with Gasteiger partial charge in [-0.1, -0.05) is 36.4 Å². The van der Waals surface area contributed by atoms with Gasteiger partial charge >= 0.3 is 0 Å². The summed E-state index contributed by atoms with van der Waals surface area (Å²) in [4.78, 5) is 17.3. The summed E-state index contributed by atoms with van der Waals surface area (Å²) in [7, 11) is 7.69. The number of carbonyl (C=O) groups is 1. The molecule has 3 rings (SSSR count). The van der Waals surface area contributed by atoms with Crippen LogP contribution >= 0.6 is 0 Å². The van der Waals surface area contributed by atoms with Crippen LogP contribution in [-0.4, -0.2) is 95.5 Å². The number of likely N-dealkylation sites (tertiary alicyclic amines) is 1. The molecule has 0 spiro atoms. The molecule has 41 heavy (non-hydrogen) atoms. The molecule has 1 saturated heterocycles. The number of aryl methyl sites for hydroxylation is 1. The minimum Gasteiger partial charge on any atom is -0.493 e. The molecule has 9 nitrogen and oxygen atoms in total. The number of piperidine rings is 1. The van der Waals surface area contributed by atoms with Crippen molar-refractivity contribution in [2.75, 3.05) is 67.8 Å². The van der Waals surface area contributed by atoms with Crippen LogP contribution in [0.4, 0.5) is 0 Å². The second-order valence-electron chi connectivity index (χ2n) is 10.9. The zero-order valence-electron chi connectivity index (χ0n) is 25.3. The fourth-order valence-electron chi connectivity index (χ4n) is 5.04. The highest BCUT2D eigenvalue weighted by Crippen LogP contribution is 2.32. The third-order valence-corrected chi connectivity index (χ3v) is 7.49. The highest BCUT2D eigenvalue weighted by Gasteiger charge is 2.20. The smallest absolute Gasteiger partial charge is 0.226 e. The average molecular weight is 568 g/mol. The van der Waals surface area contributed by atoms with Gasteiger partial charge in [-0.25, -0.2) is 0 Å². The number of nitrogens with zero attached hydrogens (tertiary/aromatic N) is 2. The first-order chi connectivity index (χ1) is 19.9. The highest BCUT2D eigenvalue weighted by molar-refractivity contribution is 5.95. The van der Waals surface area contributed by atoms with E-state index in [2.05, 4.69) is 70.9 Å². The predicted molar refractivity (Wildman–Crippen MR) is 165 cm³/mol. The molecule has 0 aromatic heterocycles. The molecule has 1 amide bonds. The van der Waals surface area contributed by atoms with Gasteiger partial charge in [-0.15, -0.1) is 0 Å². The number of carbonyl (C=O) groups excluding carboxylic acids is 1. The summed E-state index contributed by atoms with van der Waals surface area (Å²) in [5.41, 5.74) is 4.49. The Bertz CT molecular complexity index is 1070. The zero-order valence-corrected chi connectivity index (χ0v) is 25.3. The summed E-state index contributed by atoms with van der Waals surface area (Å²) < 4.78 is 16.4. The normalized spacial score (nSPS) is 14.3. The van der Waals surface area contributed by atoms with Crippen molar-refractivity contribution in [2.45, 2.75) is 51.1 Å². The van der Waals surface area contributed by atoms with E-state index in [1.54, 1.807) is 14.2 Å². The summed E-state index contributed by atoms with van der Waals surface area (Å²) in [6.45, 7) is 5.63. The maximum Gasteiger partial charge on any atom is 0.226 e. The van der Waals surface area contributed by atoms with Crippen molar-refractivity contribution < 1.29 is 19.0 Å². The van der Waals surface area contributed by atoms with Gasteiger partial charge in [0, 0.05) is 65.0 Å². The van der Waals surface area contributed by atoms with Gasteiger partial charge in [-0.2, -0.15) is 0 Å². The number of amides is 1. The molecule has 0 unspecified atom stereocenters. The van der Waals surface area contributed by atoms with Crippen molar-refractivity contribution >= 4 is 11.9 Å². The lowest BCUT2D eigenvalue weighted by molar-refractivity contribution is -0.119. The fraction of sp³-hybridized carbons (Fsp3) is 0.562. The van der Waals surface area contributed by atoms with Crippen LogP contribution in [0.25, 0.3) is 11.1 Å². The van der Waals surface area contributed by atoms with E-state index < -0.39 is 0 Å². The first-order valence-electron chi connectivity index (χ1n) is 14.7. The van der Waals surface area contributed by atoms with E-state index in [1.807, 2.05) is 6.07 Å². The van der Waals surface area contributed by atoms with Crippen LogP contribution in [0, 0.1) is 5.41 Å². The molecule has 0 atom stereocenters. The number of hydrogen-bond donors (Lipinski definition) is 3. The molecule has 0 bridgehead atoms. The first-order valence-corrected chi connectivity index (χ1v) is 14.7. The van der Waals surface area contributed by atoms with Crippen LogP contribution in [0.5, 0.6) is 5.75 Å². The van der Waals surface area contributed by atoms with Gasteiger partial charge in [0.05, 0.1) is 6.61 Å². The highest BCUT2D eigenvalue weighted by atomic mass is 16.5. The minimum atomic E-state index is -0.192. The molecule has 3 N–H and O–H groups in total. The molecule has 1 aliphatic rings. The molecule has 1 fully saturated rings. The van der Waals surface area contributed by atoms with E-state index in [0.29, 0.717) is 38.8 Å². The van der Waals surface area contributed by atoms with Crippen molar-refractivity contribution in [3.8, 4) is 16.9 Å². The maximum atomic E-state index is 12.4. The van der Waals surface area contributed by atoms with Crippen molar-refractivity contribution in [1.82, 2.24) is 20.4 Å². The third-order valence-electron chi connectivity index (χ3n) is 7.49. The number of guanidine groups is 1. The summed E-state index contributed by atoms with van der Waals surface area (Å²) in [6.07, 6.45) is 4.85. The number of nitrogens with one attached hydrogen (secondary N) is 3. The minimum absolute atomic E-state index is 0.0186. The summed E-state index contributed by atoms with van der Waals surface area (Å²) >= 11 is 0. The molecule has 1 aliphatic heterocycles. The van der Waals surface area contributed by atoms with Crippen molar-refractivity contribution in [3.63, 3.8) is 0 Å².